The van der Waals surface area contributed by atoms with Gasteiger partial charge in [0.15, 0.2) is 10.9 Å². The highest BCUT2D eigenvalue weighted by molar-refractivity contribution is 8.00. The van der Waals surface area contributed by atoms with Crippen LogP contribution in [0.3, 0.4) is 0 Å². The first-order chi connectivity index (χ1) is 16.7. The zero-order valence-electron chi connectivity index (χ0n) is 17.7. The Morgan fingerprint density at radius 2 is 1.82 bits per heavy atom. The van der Waals surface area contributed by atoms with E-state index in [1.54, 1.807) is 42.1 Å². The number of carbonyl (C=O) groups excluding carboxylic acids is 2. The number of rotatable bonds is 8. The molecular weight excluding hydrogens is 472 g/mol. The van der Waals surface area contributed by atoms with Gasteiger partial charge in [0.25, 0.3) is 11.8 Å². The molecule has 2 aromatic heterocycles. The molecule has 2 heterocycles. The second kappa shape index (κ2) is 10.00. The van der Waals surface area contributed by atoms with Crippen molar-refractivity contribution in [3.63, 3.8) is 0 Å². The van der Waals surface area contributed by atoms with Crippen molar-refractivity contribution >= 4 is 61.9 Å². The maximum atomic E-state index is 12.2. The number of carbonyl (C=O) groups is 2. The van der Waals surface area contributed by atoms with Crippen molar-refractivity contribution < 1.29 is 14.4 Å². The summed E-state index contributed by atoms with van der Waals surface area (Å²) in [6, 6.07) is 21.9. The molecule has 34 heavy (non-hydrogen) atoms. The van der Waals surface area contributed by atoms with E-state index in [1.165, 1.54) is 11.3 Å². The minimum absolute atomic E-state index is 0.313. The first kappa shape index (κ1) is 22.0. The van der Waals surface area contributed by atoms with Crippen LogP contribution in [-0.4, -0.2) is 38.4 Å². The average molecular weight is 491 g/mol. The first-order valence-electron chi connectivity index (χ1n) is 10.2. The van der Waals surface area contributed by atoms with Crippen LogP contribution in [-0.2, 0) is 15.5 Å². The van der Waals surface area contributed by atoms with Gasteiger partial charge in [-0.1, -0.05) is 47.3 Å². The van der Waals surface area contributed by atoms with Gasteiger partial charge in [-0.3, -0.25) is 14.4 Å². The SMILES string of the molecule is O=C(CONC(=O)c1ccccc1)Nc1ccc2nc(SCn3nnc4ccccc43)sc2c1. The number of hydrogen-bond donors (Lipinski definition) is 2. The summed E-state index contributed by atoms with van der Waals surface area (Å²) in [6.07, 6.45) is 0. The van der Waals surface area contributed by atoms with Gasteiger partial charge >= 0.3 is 0 Å². The van der Waals surface area contributed by atoms with Crippen molar-refractivity contribution in [3.8, 4) is 0 Å². The number of amides is 2. The molecule has 0 aliphatic carbocycles. The van der Waals surface area contributed by atoms with Crippen molar-refractivity contribution in [2.45, 2.75) is 10.2 Å². The number of nitrogens with one attached hydrogen (secondary N) is 2. The molecule has 3 aromatic carbocycles. The largest absolute Gasteiger partial charge is 0.324 e. The van der Waals surface area contributed by atoms with Crippen molar-refractivity contribution in [2.24, 2.45) is 0 Å². The number of nitrogens with zero attached hydrogens (tertiary/aromatic N) is 4. The minimum Gasteiger partial charge on any atom is -0.324 e. The van der Waals surface area contributed by atoms with Crippen molar-refractivity contribution in [3.05, 3.63) is 78.4 Å². The highest BCUT2D eigenvalue weighted by atomic mass is 32.2. The molecule has 0 unspecified atom stereocenters. The van der Waals surface area contributed by atoms with E-state index in [4.69, 9.17) is 4.84 Å². The van der Waals surface area contributed by atoms with Crippen LogP contribution in [0.2, 0.25) is 0 Å². The fraction of sp³-hybridized carbons (Fsp3) is 0.0870. The van der Waals surface area contributed by atoms with E-state index in [0.717, 1.165) is 25.6 Å². The van der Waals surface area contributed by atoms with E-state index in [1.807, 2.05) is 47.1 Å². The van der Waals surface area contributed by atoms with Gasteiger partial charge in [-0.05, 0) is 42.5 Å². The van der Waals surface area contributed by atoms with Gasteiger partial charge in [-0.15, -0.1) is 16.4 Å². The molecule has 0 saturated carbocycles. The van der Waals surface area contributed by atoms with E-state index in [-0.39, 0.29) is 12.5 Å². The van der Waals surface area contributed by atoms with E-state index in [9.17, 15) is 9.59 Å². The van der Waals surface area contributed by atoms with Gasteiger partial charge in [0.2, 0.25) is 0 Å². The predicted octanol–water partition coefficient (Wildman–Crippen LogP) is 4.09. The topological polar surface area (TPSA) is 111 Å². The monoisotopic (exact) mass is 490 g/mol. The average Bonchev–Trinajstić information content (AvgIpc) is 3.46. The van der Waals surface area contributed by atoms with Crippen molar-refractivity contribution in [2.75, 3.05) is 11.9 Å². The summed E-state index contributed by atoms with van der Waals surface area (Å²) in [5.74, 6) is -0.205. The van der Waals surface area contributed by atoms with Crippen molar-refractivity contribution in [1.29, 1.82) is 0 Å². The number of hydrogen-bond acceptors (Lipinski definition) is 8. The lowest BCUT2D eigenvalue weighted by atomic mass is 10.2. The van der Waals surface area contributed by atoms with Gasteiger partial charge in [0.05, 0.1) is 21.6 Å². The Labute approximate surface area is 202 Å². The van der Waals surface area contributed by atoms with Gasteiger partial charge in [-0.25, -0.2) is 15.1 Å². The van der Waals surface area contributed by atoms with Crippen LogP contribution >= 0.6 is 23.1 Å². The highest BCUT2D eigenvalue weighted by Crippen LogP contribution is 2.32. The van der Waals surface area contributed by atoms with Crippen LogP contribution in [0.4, 0.5) is 5.69 Å². The third kappa shape index (κ3) is 5.06. The molecule has 2 N–H and O–H groups in total. The third-order valence-corrected chi connectivity index (χ3v) is 6.92. The molecule has 9 nitrogen and oxygen atoms in total. The van der Waals surface area contributed by atoms with Gasteiger partial charge in [0.1, 0.15) is 5.52 Å². The van der Waals surface area contributed by atoms with E-state index in [0.29, 0.717) is 17.1 Å². The van der Waals surface area contributed by atoms with Crippen LogP contribution in [0, 0.1) is 0 Å². The van der Waals surface area contributed by atoms with Crippen LogP contribution in [0.1, 0.15) is 10.4 Å². The Hall–Kier alpha value is -3.80. The van der Waals surface area contributed by atoms with Crippen LogP contribution in [0.25, 0.3) is 21.3 Å². The summed E-state index contributed by atoms with van der Waals surface area (Å²) in [5, 5.41) is 11.1. The van der Waals surface area contributed by atoms with Gasteiger partial charge in [-0.2, -0.15) is 0 Å². The fourth-order valence-corrected chi connectivity index (χ4v) is 5.17. The van der Waals surface area contributed by atoms with Crippen LogP contribution < -0.4 is 10.8 Å². The number of thioether (sulfide) groups is 1. The molecule has 5 rings (SSSR count). The molecule has 0 radical (unpaired) electrons. The number of fused-ring (bicyclic) bond motifs is 2. The molecule has 5 aromatic rings. The Kier molecular flexibility index (Phi) is 6.47. The molecule has 2 amide bonds. The lowest BCUT2D eigenvalue weighted by Crippen LogP contribution is -2.29. The molecule has 170 valence electrons. The van der Waals surface area contributed by atoms with E-state index < -0.39 is 5.91 Å². The summed E-state index contributed by atoms with van der Waals surface area (Å²) in [7, 11) is 0. The Morgan fingerprint density at radius 3 is 2.71 bits per heavy atom. The molecule has 0 aliphatic heterocycles. The lowest BCUT2D eigenvalue weighted by Gasteiger charge is -2.07. The maximum absolute atomic E-state index is 12.2. The summed E-state index contributed by atoms with van der Waals surface area (Å²) in [6.45, 7) is -0.313. The fourth-order valence-electron chi connectivity index (χ4n) is 3.18. The quantitative estimate of drug-likeness (QED) is 0.249. The third-order valence-electron chi connectivity index (χ3n) is 4.79. The normalized spacial score (nSPS) is 11.1. The van der Waals surface area contributed by atoms with Gasteiger partial charge in [0, 0.05) is 11.3 Å². The highest BCUT2D eigenvalue weighted by Gasteiger charge is 2.11. The Bertz CT molecular complexity index is 1470. The minimum atomic E-state index is -0.414. The molecule has 11 heteroatoms. The number of thiazole rings is 1. The number of hydroxylamine groups is 1. The second-order valence-corrected chi connectivity index (χ2v) is 9.37. The number of aromatic nitrogens is 4. The number of para-hydroxylation sites is 1. The zero-order chi connectivity index (χ0) is 23.3. The molecule has 0 aliphatic rings. The summed E-state index contributed by atoms with van der Waals surface area (Å²) in [4.78, 5) is 33.8. The molecule has 0 bridgehead atoms. The predicted molar refractivity (Wildman–Crippen MR) is 131 cm³/mol. The smallest absolute Gasteiger partial charge is 0.274 e. The van der Waals surface area contributed by atoms with Crippen molar-refractivity contribution in [1.82, 2.24) is 25.5 Å². The molecule has 0 atom stereocenters. The van der Waals surface area contributed by atoms with E-state index >= 15 is 0 Å². The standard InChI is InChI=1S/C23H18N6O3S2/c30-21(13-32-27-22(31)15-6-2-1-3-7-15)24-16-10-11-18-20(12-16)34-23(25-18)33-14-29-19-9-5-4-8-17(19)26-28-29/h1-12H,13-14H2,(H,24,30)(H,27,31). The molecular formula is C23H18N6O3S2. The second-order valence-electron chi connectivity index (χ2n) is 7.15. The van der Waals surface area contributed by atoms with Gasteiger partial charge < -0.3 is 5.32 Å². The summed E-state index contributed by atoms with van der Waals surface area (Å²) >= 11 is 3.11. The van der Waals surface area contributed by atoms with Crippen LogP contribution in [0.15, 0.2) is 77.1 Å². The number of benzene rings is 3. The van der Waals surface area contributed by atoms with E-state index in [2.05, 4.69) is 26.1 Å². The summed E-state index contributed by atoms with van der Waals surface area (Å²) < 4.78 is 3.68. The number of anilines is 1. The molecule has 0 saturated heterocycles. The first-order valence-corrected chi connectivity index (χ1v) is 12.0. The van der Waals surface area contributed by atoms with Crippen LogP contribution in [0.5, 0.6) is 0 Å². The molecule has 0 spiro atoms. The Balaban J connectivity index is 1.16. The lowest BCUT2D eigenvalue weighted by molar-refractivity contribution is -0.122. The zero-order valence-corrected chi connectivity index (χ0v) is 19.3. The maximum Gasteiger partial charge on any atom is 0.274 e. The summed E-state index contributed by atoms with van der Waals surface area (Å²) in [5.41, 5.74) is 6.02. The molecule has 0 fully saturated rings. The Morgan fingerprint density at radius 1 is 1.00 bits per heavy atom.